The summed E-state index contributed by atoms with van der Waals surface area (Å²) in [6, 6.07) is 16.1. The van der Waals surface area contributed by atoms with E-state index in [0.717, 1.165) is 24.2 Å². The summed E-state index contributed by atoms with van der Waals surface area (Å²) in [5, 5.41) is 3.01. The van der Waals surface area contributed by atoms with E-state index < -0.39 is 6.10 Å². The summed E-state index contributed by atoms with van der Waals surface area (Å²) in [5.74, 6) is 0.690. The van der Waals surface area contributed by atoms with E-state index in [-0.39, 0.29) is 11.9 Å². The molecule has 0 saturated carbocycles. The molecule has 2 atom stereocenters. The Labute approximate surface area is 144 Å². The molecule has 0 radical (unpaired) electrons. The van der Waals surface area contributed by atoms with E-state index in [0.29, 0.717) is 0 Å². The van der Waals surface area contributed by atoms with Crippen LogP contribution in [0.3, 0.4) is 0 Å². The van der Waals surface area contributed by atoms with Crippen molar-refractivity contribution in [3.05, 3.63) is 65.2 Å². The predicted octanol–water partition coefficient (Wildman–Crippen LogP) is 4.21. The lowest BCUT2D eigenvalue weighted by atomic mass is 9.92. The number of ether oxygens (including phenoxy) is 1. The van der Waals surface area contributed by atoms with Crippen LogP contribution in [0.15, 0.2) is 48.5 Å². The van der Waals surface area contributed by atoms with E-state index in [4.69, 9.17) is 4.74 Å². The number of aryl methyl sites for hydroxylation is 2. The van der Waals surface area contributed by atoms with E-state index in [1.54, 1.807) is 6.92 Å². The molecule has 0 saturated heterocycles. The molecule has 0 spiro atoms. The molecule has 0 heterocycles. The van der Waals surface area contributed by atoms with Gasteiger partial charge in [0.05, 0.1) is 6.04 Å². The van der Waals surface area contributed by atoms with Gasteiger partial charge in [0, 0.05) is 0 Å². The van der Waals surface area contributed by atoms with Gasteiger partial charge in [-0.15, -0.1) is 0 Å². The normalized spacial score (nSPS) is 15.9. The summed E-state index contributed by atoms with van der Waals surface area (Å²) in [7, 11) is 0. The Morgan fingerprint density at radius 3 is 2.46 bits per heavy atom. The Bertz CT molecular complexity index is 696. The summed E-state index contributed by atoms with van der Waals surface area (Å²) < 4.78 is 5.87. The number of nitrogens with one attached hydrogen (secondary N) is 1. The maximum absolute atomic E-state index is 12.4. The Morgan fingerprint density at radius 2 is 1.71 bits per heavy atom. The zero-order chi connectivity index (χ0) is 16.9. The summed E-state index contributed by atoms with van der Waals surface area (Å²) in [6.45, 7) is 3.78. The minimum Gasteiger partial charge on any atom is -0.481 e. The second-order valence-electron chi connectivity index (χ2n) is 6.54. The Morgan fingerprint density at radius 1 is 1.00 bits per heavy atom. The van der Waals surface area contributed by atoms with Crippen molar-refractivity contribution in [3.8, 4) is 5.75 Å². The summed E-state index contributed by atoms with van der Waals surface area (Å²) in [4.78, 5) is 12.4. The first-order chi connectivity index (χ1) is 11.6. The third-order valence-corrected chi connectivity index (χ3v) is 4.66. The van der Waals surface area contributed by atoms with Crippen LogP contribution < -0.4 is 10.1 Å². The number of carbonyl (C=O) groups excluding carboxylic acids is 1. The molecule has 0 aromatic heterocycles. The largest absolute Gasteiger partial charge is 0.481 e. The summed E-state index contributed by atoms with van der Waals surface area (Å²) in [5.41, 5.74) is 3.87. The van der Waals surface area contributed by atoms with Gasteiger partial charge in [0.2, 0.25) is 0 Å². The number of fused-ring (bicyclic) bond motifs is 1. The number of rotatable bonds is 5. The fourth-order valence-corrected chi connectivity index (χ4v) is 3.20. The molecule has 0 unspecified atom stereocenters. The van der Waals surface area contributed by atoms with Crippen LogP contribution in [0.1, 0.15) is 49.4 Å². The molecule has 24 heavy (non-hydrogen) atoms. The lowest BCUT2D eigenvalue weighted by molar-refractivity contribution is -0.127. The highest BCUT2D eigenvalue weighted by Gasteiger charge is 2.18. The quantitative estimate of drug-likeness (QED) is 0.895. The maximum atomic E-state index is 12.4. The molecule has 0 fully saturated rings. The predicted molar refractivity (Wildman–Crippen MR) is 96.2 cm³/mol. The Balaban J connectivity index is 1.60. The zero-order valence-electron chi connectivity index (χ0n) is 14.4. The topological polar surface area (TPSA) is 38.3 Å². The zero-order valence-corrected chi connectivity index (χ0v) is 14.4. The molecule has 1 amide bonds. The van der Waals surface area contributed by atoms with Crippen LogP contribution >= 0.6 is 0 Å². The highest BCUT2D eigenvalue weighted by atomic mass is 16.5. The third kappa shape index (κ3) is 3.97. The fraction of sp³-hybridized carbons (Fsp3) is 0.381. The molecule has 0 aliphatic heterocycles. The van der Waals surface area contributed by atoms with Gasteiger partial charge in [-0.05, 0) is 68.4 Å². The summed E-state index contributed by atoms with van der Waals surface area (Å²) >= 11 is 0. The number of amides is 1. The molecular formula is C21H25NO2. The van der Waals surface area contributed by atoms with Gasteiger partial charge in [0.1, 0.15) is 5.75 Å². The van der Waals surface area contributed by atoms with Crippen LogP contribution in [-0.2, 0) is 17.6 Å². The lowest BCUT2D eigenvalue weighted by Gasteiger charge is -2.21. The second kappa shape index (κ2) is 7.52. The smallest absolute Gasteiger partial charge is 0.261 e. The van der Waals surface area contributed by atoms with Gasteiger partial charge in [-0.2, -0.15) is 0 Å². The Hall–Kier alpha value is -2.29. The molecule has 126 valence electrons. The van der Waals surface area contributed by atoms with E-state index in [1.165, 1.54) is 24.0 Å². The van der Waals surface area contributed by atoms with Crippen molar-refractivity contribution in [2.75, 3.05) is 0 Å². The summed E-state index contributed by atoms with van der Waals surface area (Å²) in [6.07, 6.45) is 4.25. The SMILES string of the molecule is C[C@H](Oc1ccc2c(c1)CCCC2)C(=O)N[C@H](C)c1ccccc1. The standard InChI is InChI=1S/C21H25NO2/c1-15(17-8-4-3-5-9-17)22-21(23)16(2)24-20-13-12-18-10-6-7-11-19(18)14-20/h3-5,8-9,12-16H,6-7,10-11H2,1-2H3,(H,22,23)/t15-,16+/m1/s1. The van der Waals surface area contributed by atoms with Crippen molar-refractivity contribution >= 4 is 5.91 Å². The van der Waals surface area contributed by atoms with Crippen molar-refractivity contribution in [1.82, 2.24) is 5.32 Å². The number of carbonyl (C=O) groups is 1. The third-order valence-electron chi connectivity index (χ3n) is 4.66. The van der Waals surface area contributed by atoms with Crippen LogP contribution in [0.2, 0.25) is 0 Å². The molecule has 2 aromatic carbocycles. The van der Waals surface area contributed by atoms with Crippen LogP contribution in [0.4, 0.5) is 0 Å². The van der Waals surface area contributed by atoms with Gasteiger partial charge in [-0.3, -0.25) is 4.79 Å². The van der Waals surface area contributed by atoms with E-state index >= 15 is 0 Å². The minimum absolute atomic E-state index is 0.0340. The van der Waals surface area contributed by atoms with Gasteiger partial charge < -0.3 is 10.1 Å². The van der Waals surface area contributed by atoms with Crippen LogP contribution in [0.5, 0.6) is 5.75 Å². The maximum Gasteiger partial charge on any atom is 0.261 e. The first kappa shape index (κ1) is 16.6. The molecule has 3 nitrogen and oxygen atoms in total. The number of benzene rings is 2. The van der Waals surface area contributed by atoms with E-state index in [9.17, 15) is 4.79 Å². The van der Waals surface area contributed by atoms with Crippen molar-refractivity contribution in [1.29, 1.82) is 0 Å². The molecule has 0 bridgehead atoms. The van der Waals surface area contributed by atoms with Crippen molar-refractivity contribution in [2.45, 2.75) is 51.7 Å². The molecule has 1 aliphatic rings. The lowest BCUT2D eigenvalue weighted by Crippen LogP contribution is -2.37. The number of hydrogen-bond acceptors (Lipinski definition) is 2. The van der Waals surface area contributed by atoms with Crippen LogP contribution in [-0.4, -0.2) is 12.0 Å². The van der Waals surface area contributed by atoms with Crippen LogP contribution in [0.25, 0.3) is 0 Å². The van der Waals surface area contributed by atoms with Crippen LogP contribution in [0, 0.1) is 0 Å². The van der Waals surface area contributed by atoms with Gasteiger partial charge in [0.25, 0.3) is 5.91 Å². The molecule has 1 N–H and O–H groups in total. The first-order valence-electron chi connectivity index (χ1n) is 8.77. The fourth-order valence-electron chi connectivity index (χ4n) is 3.20. The molecular weight excluding hydrogens is 298 g/mol. The van der Waals surface area contributed by atoms with Crippen molar-refractivity contribution in [3.63, 3.8) is 0 Å². The minimum atomic E-state index is -0.516. The van der Waals surface area contributed by atoms with E-state index in [1.807, 2.05) is 43.3 Å². The van der Waals surface area contributed by atoms with Gasteiger partial charge in [-0.1, -0.05) is 36.4 Å². The van der Waals surface area contributed by atoms with Gasteiger partial charge in [0.15, 0.2) is 6.10 Å². The van der Waals surface area contributed by atoms with E-state index in [2.05, 4.69) is 17.4 Å². The second-order valence-corrected chi connectivity index (χ2v) is 6.54. The molecule has 3 heteroatoms. The van der Waals surface area contributed by atoms with Crippen molar-refractivity contribution < 1.29 is 9.53 Å². The van der Waals surface area contributed by atoms with Gasteiger partial charge >= 0.3 is 0 Å². The molecule has 2 aromatic rings. The average molecular weight is 323 g/mol. The average Bonchev–Trinajstić information content (AvgIpc) is 2.62. The highest BCUT2D eigenvalue weighted by Crippen LogP contribution is 2.26. The molecule has 1 aliphatic carbocycles. The Kier molecular flexibility index (Phi) is 5.19. The number of hydrogen-bond donors (Lipinski definition) is 1. The van der Waals surface area contributed by atoms with Gasteiger partial charge in [-0.25, -0.2) is 0 Å². The van der Waals surface area contributed by atoms with Crippen molar-refractivity contribution in [2.24, 2.45) is 0 Å². The monoisotopic (exact) mass is 323 g/mol. The first-order valence-corrected chi connectivity index (χ1v) is 8.77. The molecule has 3 rings (SSSR count). The highest BCUT2D eigenvalue weighted by molar-refractivity contribution is 5.81.